The van der Waals surface area contributed by atoms with Gasteiger partial charge in [-0.1, -0.05) is 30.3 Å². The van der Waals surface area contributed by atoms with Crippen LogP contribution in [0.1, 0.15) is 11.6 Å². The Morgan fingerprint density at radius 2 is 2.08 bits per heavy atom. The van der Waals surface area contributed by atoms with Gasteiger partial charge in [-0.15, -0.1) is 0 Å². The first-order valence-electron chi connectivity index (χ1n) is 7.94. The summed E-state index contributed by atoms with van der Waals surface area (Å²) in [5.41, 5.74) is 0.536. The molecule has 7 heteroatoms. The maximum absolute atomic E-state index is 12.3. The molecule has 3 rings (SSSR count). The van der Waals surface area contributed by atoms with Gasteiger partial charge >= 0.3 is 5.69 Å². The van der Waals surface area contributed by atoms with E-state index in [0.29, 0.717) is 6.61 Å². The molecule has 25 heavy (non-hydrogen) atoms. The summed E-state index contributed by atoms with van der Waals surface area (Å²) in [5, 5.41) is 9.61. The Morgan fingerprint density at radius 3 is 2.76 bits per heavy atom. The Balaban J connectivity index is 1.85. The summed E-state index contributed by atoms with van der Waals surface area (Å²) < 4.78 is 17.9. The lowest BCUT2D eigenvalue weighted by Gasteiger charge is -2.34. The standard InChI is InChI=1S/C18H20N2O5/c1-23-16-7-9-20(18(22)19-16)14-8-10-24-15(11-21)17(14)25-12-13-5-3-2-4-6-13/h2-10,14-15,17,21H,11-12H2,1H3/t14-,15-,17+/m1/s1. The maximum Gasteiger partial charge on any atom is 0.351 e. The Labute approximate surface area is 145 Å². The fourth-order valence-electron chi connectivity index (χ4n) is 2.74. The molecule has 0 bridgehead atoms. The van der Waals surface area contributed by atoms with Crippen LogP contribution in [-0.4, -0.2) is 40.6 Å². The van der Waals surface area contributed by atoms with Crippen molar-refractivity contribution < 1.29 is 19.3 Å². The number of rotatable bonds is 6. The van der Waals surface area contributed by atoms with Crippen molar-refractivity contribution in [3.63, 3.8) is 0 Å². The molecule has 1 aliphatic rings. The van der Waals surface area contributed by atoms with Gasteiger partial charge in [0.15, 0.2) is 0 Å². The van der Waals surface area contributed by atoms with Gasteiger partial charge in [-0.3, -0.25) is 4.57 Å². The second-order valence-electron chi connectivity index (χ2n) is 5.60. The minimum atomic E-state index is -0.576. The molecule has 0 saturated carbocycles. The van der Waals surface area contributed by atoms with Gasteiger partial charge in [0.1, 0.15) is 12.2 Å². The highest BCUT2D eigenvalue weighted by molar-refractivity contribution is 5.14. The van der Waals surface area contributed by atoms with Crippen LogP contribution in [0.25, 0.3) is 0 Å². The van der Waals surface area contributed by atoms with Crippen LogP contribution in [0.4, 0.5) is 0 Å². The van der Waals surface area contributed by atoms with Crippen LogP contribution in [0.2, 0.25) is 0 Å². The van der Waals surface area contributed by atoms with Crippen LogP contribution in [0.3, 0.4) is 0 Å². The van der Waals surface area contributed by atoms with Gasteiger partial charge in [-0.25, -0.2) is 4.79 Å². The van der Waals surface area contributed by atoms with Crippen molar-refractivity contribution in [3.8, 4) is 5.88 Å². The summed E-state index contributed by atoms with van der Waals surface area (Å²) in [6, 6.07) is 10.8. The number of aromatic nitrogens is 2. The smallest absolute Gasteiger partial charge is 0.351 e. The van der Waals surface area contributed by atoms with Crippen molar-refractivity contribution >= 4 is 0 Å². The quantitative estimate of drug-likeness (QED) is 0.850. The Kier molecular flexibility index (Phi) is 5.47. The molecule has 2 heterocycles. The third-order valence-corrected chi connectivity index (χ3v) is 4.03. The minimum Gasteiger partial charge on any atom is -0.493 e. The molecule has 1 N–H and O–H groups in total. The van der Waals surface area contributed by atoms with Crippen molar-refractivity contribution in [2.45, 2.75) is 24.9 Å². The highest BCUT2D eigenvalue weighted by Gasteiger charge is 2.34. The van der Waals surface area contributed by atoms with E-state index >= 15 is 0 Å². The van der Waals surface area contributed by atoms with Gasteiger partial charge in [0.2, 0.25) is 5.88 Å². The van der Waals surface area contributed by atoms with Gasteiger partial charge in [-0.05, 0) is 11.6 Å². The monoisotopic (exact) mass is 344 g/mol. The molecule has 7 nitrogen and oxygen atoms in total. The zero-order valence-corrected chi connectivity index (χ0v) is 13.8. The second kappa shape index (κ2) is 7.96. The summed E-state index contributed by atoms with van der Waals surface area (Å²) in [4.78, 5) is 16.2. The number of ether oxygens (including phenoxy) is 3. The van der Waals surface area contributed by atoms with E-state index in [9.17, 15) is 9.90 Å². The zero-order chi connectivity index (χ0) is 17.6. The normalized spacial score (nSPS) is 22.4. The lowest BCUT2D eigenvalue weighted by Crippen LogP contribution is -2.45. The van der Waals surface area contributed by atoms with E-state index < -0.39 is 23.9 Å². The maximum atomic E-state index is 12.3. The molecule has 0 saturated heterocycles. The van der Waals surface area contributed by atoms with Crippen LogP contribution in [-0.2, 0) is 16.1 Å². The molecule has 1 aromatic carbocycles. The second-order valence-corrected chi connectivity index (χ2v) is 5.60. The SMILES string of the molecule is COc1ccn([C@@H]2C=CO[C@H](CO)[C@H]2OCc2ccccc2)c(=O)n1. The molecule has 0 aliphatic carbocycles. The van der Waals surface area contributed by atoms with E-state index in [0.717, 1.165) is 5.56 Å². The first-order chi connectivity index (χ1) is 12.2. The van der Waals surface area contributed by atoms with Crippen molar-refractivity contribution in [2.24, 2.45) is 0 Å². The number of nitrogens with zero attached hydrogens (tertiary/aromatic N) is 2. The zero-order valence-electron chi connectivity index (χ0n) is 13.8. The van der Waals surface area contributed by atoms with E-state index in [-0.39, 0.29) is 12.5 Å². The molecule has 1 aromatic heterocycles. The fraction of sp³-hybridized carbons (Fsp3) is 0.333. The van der Waals surface area contributed by atoms with Gasteiger partial charge < -0.3 is 19.3 Å². The summed E-state index contributed by atoms with van der Waals surface area (Å²) in [6.45, 7) is 0.118. The van der Waals surface area contributed by atoms with Gasteiger partial charge in [0, 0.05) is 12.3 Å². The molecular formula is C18H20N2O5. The molecule has 0 spiro atoms. The van der Waals surface area contributed by atoms with Crippen LogP contribution < -0.4 is 10.4 Å². The number of hydrogen-bond donors (Lipinski definition) is 1. The summed E-state index contributed by atoms with van der Waals surface area (Å²) in [6.07, 6.45) is 3.68. The number of aliphatic hydroxyl groups is 1. The molecular weight excluding hydrogens is 324 g/mol. The van der Waals surface area contributed by atoms with Crippen LogP contribution in [0, 0.1) is 0 Å². The number of benzene rings is 1. The lowest BCUT2D eigenvalue weighted by atomic mass is 10.0. The fourth-order valence-corrected chi connectivity index (χ4v) is 2.74. The molecule has 0 radical (unpaired) electrons. The average molecular weight is 344 g/mol. The Bertz CT molecular complexity index is 775. The third kappa shape index (κ3) is 3.89. The van der Waals surface area contributed by atoms with Crippen LogP contribution in [0.15, 0.2) is 59.7 Å². The van der Waals surface area contributed by atoms with Gasteiger partial charge in [0.05, 0.1) is 32.6 Å². The van der Waals surface area contributed by atoms with Crippen LogP contribution in [0.5, 0.6) is 5.88 Å². The molecule has 0 amide bonds. The Morgan fingerprint density at radius 1 is 1.28 bits per heavy atom. The summed E-state index contributed by atoms with van der Waals surface area (Å²) in [5.74, 6) is 0.248. The van der Waals surface area contributed by atoms with Crippen molar-refractivity contribution in [1.82, 2.24) is 9.55 Å². The molecule has 1 aliphatic heterocycles. The average Bonchev–Trinajstić information content (AvgIpc) is 2.66. The van der Waals surface area contributed by atoms with Crippen molar-refractivity contribution in [2.75, 3.05) is 13.7 Å². The van der Waals surface area contributed by atoms with E-state index in [1.54, 1.807) is 18.3 Å². The minimum absolute atomic E-state index is 0.224. The first-order valence-corrected chi connectivity index (χ1v) is 7.94. The number of methoxy groups -OCH3 is 1. The highest BCUT2D eigenvalue weighted by atomic mass is 16.5. The largest absolute Gasteiger partial charge is 0.493 e. The molecule has 2 aromatic rings. The van der Waals surface area contributed by atoms with Crippen molar-refractivity contribution in [3.05, 3.63) is 71.0 Å². The van der Waals surface area contributed by atoms with E-state index in [1.165, 1.54) is 17.9 Å². The molecule has 0 unspecified atom stereocenters. The van der Waals surface area contributed by atoms with Gasteiger partial charge in [0.25, 0.3) is 0 Å². The topological polar surface area (TPSA) is 82.8 Å². The lowest BCUT2D eigenvalue weighted by molar-refractivity contribution is -0.0960. The highest BCUT2D eigenvalue weighted by Crippen LogP contribution is 2.26. The van der Waals surface area contributed by atoms with Gasteiger partial charge in [-0.2, -0.15) is 4.98 Å². The summed E-state index contributed by atoms with van der Waals surface area (Å²) in [7, 11) is 1.45. The van der Waals surface area contributed by atoms with E-state index in [1.807, 2.05) is 30.3 Å². The number of hydrogen-bond acceptors (Lipinski definition) is 6. The predicted molar refractivity (Wildman–Crippen MR) is 90.2 cm³/mol. The van der Waals surface area contributed by atoms with Crippen molar-refractivity contribution in [1.29, 1.82) is 0 Å². The first kappa shape index (κ1) is 17.2. The predicted octanol–water partition coefficient (Wildman–Crippen LogP) is 1.28. The molecule has 3 atom stereocenters. The van der Waals surface area contributed by atoms with E-state index in [4.69, 9.17) is 14.2 Å². The van der Waals surface area contributed by atoms with E-state index in [2.05, 4.69) is 4.98 Å². The Hall–Kier alpha value is -2.64. The van der Waals surface area contributed by atoms with Crippen LogP contribution >= 0.6 is 0 Å². The summed E-state index contributed by atoms with van der Waals surface area (Å²) >= 11 is 0. The molecule has 0 fully saturated rings. The number of aliphatic hydroxyl groups excluding tert-OH is 1. The third-order valence-electron chi connectivity index (χ3n) is 4.03. The molecule has 132 valence electrons.